The summed E-state index contributed by atoms with van der Waals surface area (Å²) in [6.45, 7) is 13.2. The zero-order chi connectivity index (χ0) is 33.5. The molecule has 1 aliphatic heterocycles. The third kappa shape index (κ3) is 4.49. The normalized spacial score (nSPS) is 15.5. The first-order valence-corrected chi connectivity index (χ1v) is 16.6. The zero-order valence-electron chi connectivity index (χ0n) is 28.2. The summed E-state index contributed by atoms with van der Waals surface area (Å²) < 4.78 is 0. The Kier molecular flexibility index (Phi) is 6.68. The number of Topliss-reactive ketones (excluding diaryl/α,β-unsaturated/α-hetero) is 2. The summed E-state index contributed by atoms with van der Waals surface area (Å²) in [4.78, 5) is 28.9. The Labute approximate surface area is 282 Å². The van der Waals surface area contributed by atoms with Crippen LogP contribution in [0.15, 0.2) is 115 Å². The molecule has 0 unspecified atom stereocenters. The van der Waals surface area contributed by atoms with Gasteiger partial charge in [0.25, 0.3) is 0 Å². The Morgan fingerprint density at radius 3 is 2.08 bits per heavy atom. The van der Waals surface area contributed by atoms with Crippen LogP contribution in [-0.4, -0.2) is 11.6 Å². The van der Waals surface area contributed by atoms with Crippen LogP contribution in [0.4, 0.5) is 17.1 Å². The van der Waals surface area contributed by atoms with Crippen molar-refractivity contribution in [3.63, 3.8) is 0 Å². The van der Waals surface area contributed by atoms with Gasteiger partial charge in [0.15, 0.2) is 11.6 Å². The summed E-state index contributed by atoms with van der Waals surface area (Å²) in [5, 5.41) is 2.22. The van der Waals surface area contributed by atoms with Crippen LogP contribution in [0.2, 0.25) is 0 Å². The molecule has 0 bridgehead atoms. The first-order chi connectivity index (χ1) is 23.0. The number of anilines is 3. The van der Waals surface area contributed by atoms with Gasteiger partial charge in [0, 0.05) is 22.2 Å². The molecule has 0 N–H and O–H groups in total. The van der Waals surface area contributed by atoms with Gasteiger partial charge in [-0.2, -0.15) is 0 Å². The summed E-state index contributed by atoms with van der Waals surface area (Å²) in [5.74, 6) is -0.401. The van der Waals surface area contributed by atoms with Crippen molar-refractivity contribution in [1.29, 1.82) is 0 Å². The smallest absolute Gasteiger partial charge is 0.197 e. The van der Waals surface area contributed by atoms with E-state index in [-0.39, 0.29) is 22.6 Å². The standard InChI is InChI=1S/C45H37NO2/c1-26-12-16-35-36(22-26)44(48)37(43(35)47)24-30-13-17-34-31(23-30)14-19-40-42(34)45(5,6)38-25-32(41-28(3)20-27(2)21-29(41)4)15-18-39(38)46(40)33-10-8-7-9-11-33/h7-25H,1-6H3/b37-24-. The molecule has 6 aromatic carbocycles. The maximum Gasteiger partial charge on any atom is 0.197 e. The largest absolute Gasteiger partial charge is 0.310 e. The van der Waals surface area contributed by atoms with Crippen molar-refractivity contribution in [3.8, 4) is 11.1 Å². The van der Waals surface area contributed by atoms with Crippen LogP contribution in [-0.2, 0) is 5.41 Å². The van der Waals surface area contributed by atoms with Crippen molar-refractivity contribution in [2.75, 3.05) is 4.90 Å². The number of aryl methyl sites for hydroxylation is 4. The maximum atomic E-state index is 13.3. The van der Waals surface area contributed by atoms with E-state index >= 15 is 0 Å². The highest BCUT2D eigenvalue weighted by Gasteiger charge is 2.39. The number of hydrogen-bond donors (Lipinski definition) is 0. The number of rotatable bonds is 3. The number of allylic oxidation sites excluding steroid dienone is 1. The van der Waals surface area contributed by atoms with E-state index in [9.17, 15) is 9.59 Å². The fraction of sp³-hybridized carbons (Fsp3) is 0.156. The van der Waals surface area contributed by atoms with E-state index in [0.29, 0.717) is 11.1 Å². The molecule has 6 aromatic rings. The molecular formula is C45H37NO2. The molecule has 1 heterocycles. The molecule has 234 valence electrons. The molecule has 48 heavy (non-hydrogen) atoms. The van der Waals surface area contributed by atoms with E-state index in [1.54, 1.807) is 12.1 Å². The van der Waals surface area contributed by atoms with Crippen molar-refractivity contribution in [2.45, 2.75) is 47.0 Å². The molecule has 0 saturated carbocycles. The minimum atomic E-state index is -0.325. The lowest BCUT2D eigenvalue weighted by Crippen LogP contribution is -2.31. The van der Waals surface area contributed by atoms with Gasteiger partial charge >= 0.3 is 0 Å². The van der Waals surface area contributed by atoms with Gasteiger partial charge in [0.2, 0.25) is 0 Å². The van der Waals surface area contributed by atoms with Gasteiger partial charge < -0.3 is 4.90 Å². The molecule has 0 amide bonds. The Morgan fingerprint density at radius 2 is 1.33 bits per heavy atom. The van der Waals surface area contributed by atoms with Gasteiger partial charge in [-0.1, -0.05) is 91.7 Å². The average molecular weight is 624 g/mol. The van der Waals surface area contributed by atoms with E-state index in [1.165, 1.54) is 44.6 Å². The van der Waals surface area contributed by atoms with E-state index in [1.807, 2.05) is 25.1 Å². The molecule has 1 aliphatic carbocycles. The summed E-state index contributed by atoms with van der Waals surface area (Å²) in [7, 11) is 0. The van der Waals surface area contributed by atoms with Crippen molar-refractivity contribution in [2.24, 2.45) is 0 Å². The molecule has 3 nitrogen and oxygen atoms in total. The Morgan fingerprint density at radius 1 is 0.625 bits per heavy atom. The lowest BCUT2D eigenvalue weighted by molar-refractivity contribution is 0.0990. The third-order valence-electron chi connectivity index (χ3n) is 10.2. The Balaban J connectivity index is 1.30. The van der Waals surface area contributed by atoms with Gasteiger partial charge in [-0.15, -0.1) is 0 Å². The number of hydrogen-bond acceptors (Lipinski definition) is 3. The SMILES string of the molecule is Cc1cc(C)c(-c2ccc3c(c2)C(C)(C)c2c(ccc4cc(/C=C5/C(=O)c6ccc(C)cc6C5=O)ccc24)N3c2ccccc2)c(C)c1. The molecule has 8 rings (SSSR count). The van der Waals surface area contributed by atoms with Gasteiger partial charge in [-0.25, -0.2) is 0 Å². The Bertz CT molecular complexity index is 2370. The van der Waals surface area contributed by atoms with Crippen LogP contribution in [0, 0.1) is 27.7 Å². The second-order valence-corrected chi connectivity index (χ2v) is 14.0. The molecular weight excluding hydrogens is 587 g/mol. The number of nitrogens with zero attached hydrogens (tertiary/aromatic N) is 1. The second-order valence-electron chi connectivity index (χ2n) is 14.0. The molecule has 0 atom stereocenters. The number of benzene rings is 6. The minimum absolute atomic E-state index is 0.199. The van der Waals surface area contributed by atoms with E-state index in [0.717, 1.165) is 33.3 Å². The zero-order valence-corrected chi connectivity index (χ0v) is 28.2. The number of carbonyl (C=O) groups is 2. The van der Waals surface area contributed by atoms with E-state index in [4.69, 9.17) is 0 Å². The molecule has 0 saturated heterocycles. The maximum absolute atomic E-state index is 13.3. The van der Waals surface area contributed by atoms with Crippen molar-refractivity contribution >= 4 is 45.5 Å². The summed E-state index contributed by atoms with van der Waals surface area (Å²) in [6, 6.07) is 38.2. The van der Waals surface area contributed by atoms with Crippen LogP contribution in [0.3, 0.4) is 0 Å². The molecule has 0 fully saturated rings. The molecule has 0 aromatic heterocycles. The quantitative estimate of drug-likeness (QED) is 0.145. The number of carbonyl (C=O) groups excluding carboxylic acids is 2. The van der Waals surface area contributed by atoms with Gasteiger partial charge in [0.1, 0.15) is 0 Å². The molecule has 3 heteroatoms. The van der Waals surface area contributed by atoms with E-state index in [2.05, 4.69) is 124 Å². The third-order valence-corrected chi connectivity index (χ3v) is 10.2. The van der Waals surface area contributed by atoms with Crippen LogP contribution < -0.4 is 4.90 Å². The lowest BCUT2D eigenvalue weighted by atomic mass is 9.71. The van der Waals surface area contributed by atoms with Crippen LogP contribution >= 0.6 is 0 Å². The monoisotopic (exact) mass is 623 g/mol. The lowest BCUT2D eigenvalue weighted by Gasteiger charge is -2.43. The van der Waals surface area contributed by atoms with Crippen LogP contribution in [0.25, 0.3) is 28.0 Å². The van der Waals surface area contributed by atoms with Gasteiger partial charge in [-0.05, 0) is 126 Å². The summed E-state index contributed by atoms with van der Waals surface area (Å²) >= 11 is 0. The number of ketones is 2. The number of fused-ring (bicyclic) bond motifs is 5. The fourth-order valence-corrected chi connectivity index (χ4v) is 8.15. The van der Waals surface area contributed by atoms with E-state index < -0.39 is 0 Å². The van der Waals surface area contributed by atoms with Crippen LogP contribution in [0.1, 0.15) is 73.5 Å². The Hall–Kier alpha value is -5.54. The van der Waals surface area contributed by atoms with Gasteiger partial charge in [0.05, 0.1) is 16.9 Å². The summed E-state index contributed by atoms with van der Waals surface area (Å²) in [6.07, 6.45) is 1.76. The number of para-hydroxylation sites is 1. The predicted molar refractivity (Wildman–Crippen MR) is 198 cm³/mol. The molecule has 0 radical (unpaired) electrons. The minimum Gasteiger partial charge on any atom is -0.310 e. The predicted octanol–water partition coefficient (Wildman–Crippen LogP) is 11.3. The summed E-state index contributed by atoms with van der Waals surface area (Å²) in [5.41, 5.74) is 15.0. The average Bonchev–Trinajstić information content (AvgIpc) is 3.28. The van der Waals surface area contributed by atoms with Crippen molar-refractivity contribution < 1.29 is 9.59 Å². The van der Waals surface area contributed by atoms with Gasteiger partial charge in [-0.3, -0.25) is 9.59 Å². The molecule has 2 aliphatic rings. The van der Waals surface area contributed by atoms with Crippen molar-refractivity contribution in [3.05, 3.63) is 165 Å². The highest BCUT2D eigenvalue weighted by Crippen LogP contribution is 2.54. The second kappa shape index (κ2) is 10.7. The topological polar surface area (TPSA) is 37.4 Å². The highest BCUT2D eigenvalue weighted by molar-refractivity contribution is 6.41. The first-order valence-electron chi connectivity index (χ1n) is 16.6. The fourth-order valence-electron chi connectivity index (χ4n) is 8.15. The highest BCUT2D eigenvalue weighted by atomic mass is 16.2. The van der Waals surface area contributed by atoms with Crippen LogP contribution in [0.5, 0.6) is 0 Å². The molecule has 0 spiro atoms. The first kappa shape index (κ1) is 29.8. The van der Waals surface area contributed by atoms with Crippen molar-refractivity contribution in [1.82, 2.24) is 0 Å².